The summed E-state index contributed by atoms with van der Waals surface area (Å²) in [5.41, 5.74) is 0.603. The third-order valence-corrected chi connectivity index (χ3v) is 3.40. The fourth-order valence-electron chi connectivity index (χ4n) is 1.89. The fourth-order valence-corrected chi connectivity index (χ4v) is 2.09. The largest absolute Gasteiger partial charge is 0.506 e. The van der Waals surface area contributed by atoms with Crippen LogP contribution in [0.25, 0.3) is 0 Å². The van der Waals surface area contributed by atoms with Gasteiger partial charge in [-0.05, 0) is 18.2 Å². The Balaban J connectivity index is 1.75. The molecular weight excluding hydrogens is 328 g/mol. The number of hydrogen-bond donors (Lipinski definition) is 3. The summed E-state index contributed by atoms with van der Waals surface area (Å²) in [5.74, 6) is -1.84. The monoisotopic (exact) mass is 343 g/mol. The van der Waals surface area contributed by atoms with Gasteiger partial charge in [-0.3, -0.25) is 0 Å². The second-order valence-electron chi connectivity index (χ2n) is 4.92. The van der Waals surface area contributed by atoms with Crippen LogP contribution in [0.2, 0.25) is 5.02 Å². The summed E-state index contributed by atoms with van der Waals surface area (Å²) in [6.45, 7) is 0.420. The van der Waals surface area contributed by atoms with E-state index in [4.69, 9.17) is 16.3 Å². The van der Waals surface area contributed by atoms with E-state index in [0.717, 1.165) is 12.1 Å². The quantitative estimate of drug-likeness (QED) is 0.723. The van der Waals surface area contributed by atoms with Crippen LogP contribution in [0, 0.1) is 11.6 Å². The second-order valence-corrected chi connectivity index (χ2v) is 5.33. The van der Waals surface area contributed by atoms with Crippen molar-refractivity contribution in [3.05, 3.63) is 58.6 Å². The lowest BCUT2D eigenvalue weighted by atomic mass is 10.2. The molecule has 2 rings (SSSR count). The van der Waals surface area contributed by atoms with Crippen molar-refractivity contribution in [3.63, 3.8) is 0 Å². The van der Waals surface area contributed by atoms with Gasteiger partial charge in [0.1, 0.15) is 24.2 Å². The van der Waals surface area contributed by atoms with Crippen LogP contribution in [-0.2, 0) is 6.54 Å². The van der Waals surface area contributed by atoms with Crippen LogP contribution in [0.15, 0.2) is 36.4 Å². The number of nitrogens with one attached hydrogen (secondary N) is 1. The van der Waals surface area contributed by atoms with Gasteiger partial charge in [0.2, 0.25) is 0 Å². The molecule has 0 amide bonds. The van der Waals surface area contributed by atoms with E-state index >= 15 is 0 Å². The first-order chi connectivity index (χ1) is 11.0. The molecule has 2 aromatic rings. The minimum Gasteiger partial charge on any atom is -0.506 e. The predicted octanol–water partition coefficient (Wildman–Crippen LogP) is 2.85. The summed E-state index contributed by atoms with van der Waals surface area (Å²) in [6, 6.07) is 8.14. The van der Waals surface area contributed by atoms with Crippen molar-refractivity contribution in [1.82, 2.24) is 5.32 Å². The summed E-state index contributed by atoms with van der Waals surface area (Å²) in [5, 5.41) is 22.7. The van der Waals surface area contributed by atoms with E-state index in [-0.39, 0.29) is 29.7 Å². The predicted molar refractivity (Wildman–Crippen MR) is 82.7 cm³/mol. The average molecular weight is 344 g/mol. The Morgan fingerprint density at radius 2 is 1.96 bits per heavy atom. The summed E-state index contributed by atoms with van der Waals surface area (Å²) in [4.78, 5) is 0. The molecule has 1 unspecified atom stereocenters. The maximum Gasteiger partial charge on any atom is 0.162 e. The van der Waals surface area contributed by atoms with Crippen molar-refractivity contribution >= 4 is 11.6 Å². The van der Waals surface area contributed by atoms with Crippen LogP contribution in [-0.4, -0.2) is 29.5 Å². The fraction of sp³-hybridized carbons (Fsp3) is 0.250. The van der Waals surface area contributed by atoms with Gasteiger partial charge in [0.05, 0.1) is 5.02 Å². The molecule has 2 aromatic carbocycles. The summed E-state index contributed by atoms with van der Waals surface area (Å²) < 4.78 is 30.9. The number of hydrogen-bond acceptors (Lipinski definition) is 4. The van der Waals surface area contributed by atoms with Crippen LogP contribution in [0.3, 0.4) is 0 Å². The standard InChI is InChI=1S/C16H16ClF2NO3/c17-13-3-1-2-10(16(13)22)7-20-8-11(21)9-23-12-4-5-14(18)15(19)6-12/h1-6,11,20-22H,7-9H2. The van der Waals surface area contributed by atoms with Gasteiger partial charge in [-0.2, -0.15) is 0 Å². The molecule has 23 heavy (non-hydrogen) atoms. The molecule has 0 spiro atoms. The number of aliphatic hydroxyl groups is 1. The zero-order valence-electron chi connectivity index (χ0n) is 12.1. The lowest BCUT2D eigenvalue weighted by Gasteiger charge is -2.14. The van der Waals surface area contributed by atoms with Crippen molar-refractivity contribution in [3.8, 4) is 11.5 Å². The van der Waals surface area contributed by atoms with Gasteiger partial charge in [-0.1, -0.05) is 23.7 Å². The molecule has 0 aliphatic heterocycles. The molecule has 0 aliphatic carbocycles. The van der Waals surface area contributed by atoms with E-state index in [1.54, 1.807) is 18.2 Å². The number of phenols is 1. The van der Waals surface area contributed by atoms with E-state index < -0.39 is 17.7 Å². The molecule has 0 aliphatic rings. The average Bonchev–Trinajstić information content (AvgIpc) is 2.52. The molecule has 3 N–H and O–H groups in total. The van der Waals surface area contributed by atoms with Crippen LogP contribution >= 0.6 is 11.6 Å². The first-order valence-electron chi connectivity index (χ1n) is 6.90. The number of halogens is 3. The Morgan fingerprint density at radius 3 is 2.70 bits per heavy atom. The maximum atomic E-state index is 13.0. The second kappa shape index (κ2) is 8.10. The van der Waals surface area contributed by atoms with Gasteiger partial charge >= 0.3 is 0 Å². The van der Waals surface area contributed by atoms with Crippen molar-refractivity contribution in [2.24, 2.45) is 0 Å². The SMILES string of the molecule is Oc1c(Cl)cccc1CNCC(O)COc1ccc(F)c(F)c1. The lowest BCUT2D eigenvalue weighted by molar-refractivity contribution is 0.106. The van der Waals surface area contributed by atoms with Crippen LogP contribution in [0.1, 0.15) is 5.56 Å². The molecule has 1 atom stereocenters. The summed E-state index contributed by atoms with van der Waals surface area (Å²) >= 11 is 5.79. The highest BCUT2D eigenvalue weighted by atomic mass is 35.5. The topological polar surface area (TPSA) is 61.7 Å². The lowest BCUT2D eigenvalue weighted by Crippen LogP contribution is -2.31. The van der Waals surface area contributed by atoms with Crippen LogP contribution in [0.4, 0.5) is 8.78 Å². The van der Waals surface area contributed by atoms with E-state index in [1.807, 2.05) is 0 Å². The van der Waals surface area contributed by atoms with Crippen molar-refractivity contribution in [1.29, 1.82) is 0 Å². The zero-order valence-corrected chi connectivity index (χ0v) is 12.9. The molecule has 0 saturated carbocycles. The number of aromatic hydroxyl groups is 1. The maximum absolute atomic E-state index is 13.0. The smallest absolute Gasteiger partial charge is 0.162 e. The van der Waals surface area contributed by atoms with Gasteiger partial charge in [0.15, 0.2) is 11.6 Å². The van der Waals surface area contributed by atoms with Crippen LogP contribution in [0.5, 0.6) is 11.5 Å². The number of ether oxygens (including phenoxy) is 1. The highest BCUT2D eigenvalue weighted by Gasteiger charge is 2.09. The van der Waals surface area contributed by atoms with Crippen LogP contribution < -0.4 is 10.1 Å². The molecular formula is C16H16ClF2NO3. The van der Waals surface area contributed by atoms with E-state index in [2.05, 4.69) is 5.32 Å². The Morgan fingerprint density at radius 1 is 1.17 bits per heavy atom. The molecule has 0 radical (unpaired) electrons. The molecule has 0 heterocycles. The minimum atomic E-state index is -1.01. The van der Waals surface area contributed by atoms with Gasteiger partial charge in [-0.25, -0.2) is 8.78 Å². The highest BCUT2D eigenvalue weighted by Crippen LogP contribution is 2.26. The number of para-hydroxylation sites is 1. The minimum absolute atomic E-state index is 0.00538. The number of rotatable bonds is 7. The van der Waals surface area contributed by atoms with E-state index in [9.17, 15) is 19.0 Å². The first kappa shape index (κ1) is 17.5. The van der Waals surface area contributed by atoms with Crippen molar-refractivity contribution < 1.29 is 23.7 Å². The molecule has 7 heteroatoms. The Kier molecular flexibility index (Phi) is 6.15. The molecule has 4 nitrogen and oxygen atoms in total. The summed E-state index contributed by atoms with van der Waals surface area (Å²) in [6.07, 6.45) is -0.857. The first-order valence-corrected chi connectivity index (χ1v) is 7.28. The molecule has 0 aromatic heterocycles. The van der Waals surface area contributed by atoms with Gasteiger partial charge in [-0.15, -0.1) is 0 Å². The van der Waals surface area contributed by atoms with Crippen molar-refractivity contribution in [2.75, 3.05) is 13.2 Å². The van der Waals surface area contributed by atoms with Gasteiger partial charge < -0.3 is 20.3 Å². The normalized spacial score (nSPS) is 12.2. The highest BCUT2D eigenvalue weighted by molar-refractivity contribution is 6.32. The molecule has 0 bridgehead atoms. The van der Waals surface area contributed by atoms with Gasteiger partial charge in [0, 0.05) is 24.7 Å². The number of phenolic OH excluding ortho intramolecular Hbond substituents is 1. The Labute approximate surface area is 137 Å². The number of benzene rings is 2. The number of aliphatic hydroxyl groups excluding tert-OH is 1. The third-order valence-electron chi connectivity index (χ3n) is 3.10. The van der Waals surface area contributed by atoms with E-state index in [1.165, 1.54) is 6.07 Å². The molecule has 0 fully saturated rings. The van der Waals surface area contributed by atoms with E-state index in [0.29, 0.717) is 12.1 Å². The molecule has 0 saturated heterocycles. The Hall–Kier alpha value is -1.89. The van der Waals surface area contributed by atoms with Gasteiger partial charge in [0.25, 0.3) is 0 Å². The Bertz CT molecular complexity index is 670. The summed E-state index contributed by atoms with van der Waals surface area (Å²) in [7, 11) is 0. The van der Waals surface area contributed by atoms with Crippen molar-refractivity contribution in [2.45, 2.75) is 12.6 Å². The zero-order chi connectivity index (χ0) is 16.8. The third kappa shape index (κ3) is 5.06. The molecule has 124 valence electrons.